The summed E-state index contributed by atoms with van der Waals surface area (Å²) in [6.07, 6.45) is 1.40. The van der Waals surface area contributed by atoms with Crippen molar-refractivity contribution < 1.29 is 27.5 Å². The molecule has 2 aromatic carbocycles. The van der Waals surface area contributed by atoms with Gasteiger partial charge in [0.25, 0.3) is 11.8 Å². The minimum atomic E-state index is -4.03. The number of aryl methyl sites for hydroxylation is 1. The van der Waals surface area contributed by atoms with E-state index in [0.717, 1.165) is 9.87 Å². The number of carbonyl (C=O) groups is 2. The van der Waals surface area contributed by atoms with Gasteiger partial charge in [-0.25, -0.2) is 8.42 Å². The summed E-state index contributed by atoms with van der Waals surface area (Å²) in [5.74, 6) is -1.42. The Morgan fingerprint density at radius 1 is 1.00 bits per heavy atom. The molecule has 1 aromatic heterocycles. The number of phenolic OH excluding ortho intramolecular Hbond substituents is 1. The van der Waals surface area contributed by atoms with Crippen LogP contribution in [0, 0.1) is 6.92 Å². The Morgan fingerprint density at radius 3 is 2.35 bits per heavy atom. The van der Waals surface area contributed by atoms with Gasteiger partial charge in [0.1, 0.15) is 11.5 Å². The molecule has 0 saturated heterocycles. The number of rotatable bonds is 7. The molecule has 162 valence electrons. The van der Waals surface area contributed by atoms with E-state index in [0.29, 0.717) is 5.76 Å². The predicted octanol–water partition coefficient (Wildman–Crippen LogP) is 1.95. The van der Waals surface area contributed by atoms with Crippen LogP contribution in [0.1, 0.15) is 21.7 Å². The summed E-state index contributed by atoms with van der Waals surface area (Å²) >= 11 is 0. The fourth-order valence-electron chi connectivity index (χ4n) is 2.72. The summed E-state index contributed by atoms with van der Waals surface area (Å²) in [6.45, 7) is 1.08. The zero-order valence-corrected chi connectivity index (χ0v) is 17.4. The Labute approximate surface area is 179 Å². The predicted molar refractivity (Wildman–Crippen MR) is 111 cm³/mol. The van der Waals surface area contributed by atoms with Crippen molar-refractivity contribution in [3.63, 3.8) is 0 Å². The summed E-state index contributed by atoms with van der Waals surface area (Å²) in [4.78, 5) is 24.6. The number of sulfonamides is 1. The summed E-state index contributed by atoms with van der Waals surface area (Å²) in [5, 5.41) is 9.72. The van der Waals surface area contributed by atoms with Crippen molar-refractivity contribution in [1.29, 1.82) is 0 Å². The second-order valence-electron chi connectivity index (χ2n) is 6.68. The number of hydrogen-bond acceptors (Lipinski definition) is 6. The van der Waals surface area contributed by atoms with Crippen molar-refractivity contribution in [3.05, 3.63) is 83.8 Å². The molecule has 0 aliphatic carbocycles. The third kappa shape index (κ3) is 5.50. The number of nitrogens with zero attached hydrogens (tertiary/aromatic N) is 1. The van der Waals surface area contributed by atoms with E-state index in [1.807, 2.05) is 6.92 Å². The Balaban J connectivity index is 1.73. The molecule has 3 rings (SSSR count). The fourth-order valence-corrected chi connectivity index (χ4v) is 4.08. The number of phenols is 1. The van der Waals surface area contributed by atoms with Gasteiger partial charge in [-0.15, -0.1) is 0 Å². The zero-order chi connectivity index (χ0) is 22.4. The van der Waals surface area contributed by atoms with Crippen molar-refractivity contribution in [2.24, 2.45) is 0 Å². The number of aromatic hydroxyl groups is 1. The molecule has 0 fully saturated rings. The van der Waals surface area contributed by atoms with E-state index in [9.17, 15) is 23.1 Å². The van der Waals surface area contributed by atoms with Crippen molar-refractivity contribution in [2.45, 2.75) is 18.4 Å². The lowest BCUT2D eigenvalue weighted by Crippen LogP contribution is -2.47. The quantitative estimate of drug-likeness (QED) is 0.479. The molecule has 0 aliphatic heterocycles. The molecule has 3 N–H and O–H groups in total. The summed E-state index contributed by atoms with van der Waals surface area (Å²) in [7, 11) is -4.03. The van der Waals surface area contributed by atoms with E-state index < -0.39 is 28.4 Å². The van der Waals surface area contributed by atoms with Gasteiger partial charge in [0, 0.05) is 0 Å². The molecule has 0 spiro atoms. The van der Waals surface area contributed by atoms with E-state index in [-0.39, 0.29) is 22.8 Å². The summed E-state index contributed by atoms with van der Waals surface area (Å²) < 4.78 is 32.4. The molecule has 0 saturated carbocycles. The van der Waals surface area contributed by atoms with Crippen LogP contribution in [0.3, 0.4) is 0 Å². The van der Waals surface area contributed by atoms with Crippen LogP contribution in [0.4, 0.5) is 0 Å². The van der Waals surface area contributed by atoms with Gasteiger partial charge in [-0.2, -0.15) is 4.31 Å². The van der Waals surface area contributed by atoms with Gasteiger partial charge >= 0.3 is 0 Å². The van der Waals surface area contributed by atoms with Crippen molar-refractivity contribution in [1.82, 2.24) is 15.2 Å². The summed E-state index contributed by atoms with van der Waals surface area (Å²) in [6, 6.07) is 15.2. The number of para-hydroxylation sites is 1. The Hall–Kier alpha value is -3.63. The molecule has 0 atom stereocenters. The third-order valence-corrected chi connectivity index (χ3v) is 6.16. The van der Waals surface area contributed by atoms with E-state index in [1.54, 1.807) is 36.4 Å². The Bertz CT molecular complexity index is 1160. The fraction of sp³-hybridized carbons (Fsp3) is 0.143. The van der Waals surface area contributed by atoms with Gasteiger partial charge in [0.15, 0.2) is 0 Å². The van der Waals surface area contributed by atoms with Crippen LogP contribution in [-0.2, 0) is 21.4 Å². The second kappa shape index (κ2) is 9.45. The van der Waals surface area contributed by atoms with Crippen LogP contribution < -0.4 is 10.9 Å². The summed E-state index contributed by atoms with van der Waals surface area (Å²) in [5.41, 5.74) is 5.17. The van der Waals surface area contributed by atoms with Gasteiger partial charge in [-0.05, 0) is 43.3 Å². The van der Waals surface area contributed by atoms with E-state index in [4.69, 9.17) is 4.42 Å². The highest BCUT2D eigenvalue weighted by Crippen LogP contribution is 2.19. The Kier molecular flexibility index (Phi) is 6.73. The number of nitrogens with one attached hydrogen (secondary N) is 2. The van der Waals surface area contributed by atoms with Gasteiger partial charge in [-0.3, -0.25) is 20.4 Å². The first kappa shape index (κ1) is 22.1. The van der Waals surface area contributed by atoms with E-state index >= 15 is 0 Å². The molecule has 31 heavy (non-hydrogen) atoms. The highest BCUT2D eigenvalue weighted by molar-refractivity contribution is 7.89. The highest BCUT2D eigenvalue weighted by atomic mass is 32.2. The lowest BCUT2D eigenvalue weighted by molar-refractivity contribution is -0.122. The molecule has 0 bridgehead atoms. The lowest BCUT2D eigenvalue weighted by atomic mass is 10.2. The Morgan fingerprint density at radius 2 is 1.71 bits per heavy atom. The molecule has 2 amide bonds. The number of hydrogen-bond donors (Lipinski definition) is 3. The van der Waals surface area contributed by atoms with Gasteiger partial charge in [0.2, 0.25) is 10.0 Å². The molecule has 0 aliphatic rings. The van der Waals surface area contributed by atoms with Gasteiger partial charge in [-0.1, -0.05) is 29.8 Å². The number of furan rings is 1. The molecule has 9 nitrogen and oxygen atoms in total. The molecule has 0 unspecified atom stereocenters. The van der Waals surface area contributed by atoms with Crippen LogP contribution in [0.2, 0.25) is 0 Å². The molecule has 10 heteroatoms. The van der Waals surface area contributed by atoms with Crippen LogP contribution in [0.25, 0.3) is 0 Å². The standard InChI is InChI=1S/C21H21N3O6S/c1-15-8-10-17(11-9-15)31(28,29)24(13-16-5-4-12-30-16)14-20(26)22-23-21(27)18-6-2-3-7-19(18)25/h2-12,25H,13-14H2,1H3,(H,22,26)(H,23,27). The van der Waals surface area contributed by atoms with Crippen LogP contribution in [0.15, 0.2) is 76.2 Å². The number of amides is 2. The van der Waals surface area contributed by atoms with E-state index in [1.165, 1.54) is 30.5 Å². The molecule has 0 radical (unpaired) electrons. The first-order valence-electron chi connectivity index (χ1n) is 9.24. The highest BCUT2D eigenvalue weighted by Gasteiger charge is 2.28. The molecule has 1 heterocycles. The van der Waals surface area contributed by atoms with Gasteiger partial charge in [0.05, 0.1) is 29.8 Å². The van der Waals surface area contributed by atoms with Crippen molar-refractivity contribution in [3.8, 4) is 5.75 Å². The molecular weight excluding hydrogens is 422 g/mol. The lowest BCUT2D eigenvalue weighted by Gasteiger charge is -2.21. The second-order valence-corrected chi connectivity index (χ2v) is 8.62. The van der Waals surface area contributed by atoms with Gasteiger partial charge < -0.3 is 9.52 Å². The van der Waals surface area contributed by atoms with Crippen LogP contribution in [0.5, 0.6) is 5.75 Å². The average Bonchev–Trinajstić information content (AvgIpc) is 3.25. The smallest absolute Gasteiger partial charge is 0.273 e. The topological polar surface area (TPSA) is 129 Å². The minimum Gasteiger partial charge on any atom is -0.507 e. The SMILES string of the molecule is Cc1ccc(S(=O)(=O)N(CC(=O)NNC(=O)c2ccccc2O)Cc2ccco2)cc1. The van der Waals surface area contributed by atoms with Crippen LogP contribution >= 0.6 is 0 Å². The minimum absolute atomic E-state index is 0.0238. The maximum Gasteiger partial charge on any atom is 0.273 e. The third-order valence-electron chi connectivity index (χ3n) is 4.36. The molecular formula is C21H21N3O6S. The van der Waals surface area contributed by atoms with Crippen molar-refractivity contribution >= 4 is 21.8 Å². The number of hydrazine groups is 1. The van der Waals surface area contributed by atoms with Crippen LogP contribution in [-0.4, -0.2) is 36.2 Å². The first-order valence-corrected chi connectivity index (χ1v) is 10.7. The normalized spacial score (nSPS) is 11.3. The number of benzene rings is 2. The maximum absolute atomic E-state index is 13.1. The maximum atomic E-state index is 13.1. The average molecular weight is 443 g/mol. The largest absolute Gasteiger partial charge is 0.507 e. The zero-order valence-electron chi connectivity index (χ0n) is 16.6. The van der Waals surface area contributed by atoms with E-state index in [2.05, 4.69) is 10.9 Å². The van der Waals surface area contributed by atoms with Crippen molar-refractivity contribution in [2.75, 3.05) is 6.54 Å². The molecule has 3 aromatic rings. The number of carbonyl (C=O) groups excluding carboxylic acids is 2. The monoisotopic (exact) mass is 443 g/mol. The first-order chi connectivity index (χ1) is 14.8.